The summed E-state index contributed by atoms with van der Waals surface area (Å²) < 4.78 is 27.5. The number of nitrogens with zero attached hydrogens (tertiary/aromatic N) is 2. The maximum atomic E-state index is 13.3. The Morgan fingerprint density at radius 3 is 2.58 bits per heavy atom. The van der Waals surface area contributed by atoms with Crippen molar-refractivity contribution in [2.75, 3.05) is 6.54 Å². The van der Waals surface area contributed by atoms with Crippen LogP contribution in [0.15, 0.2) is 65.8 Å². The van der Waals surface area contributed by atoms with Gasteiger partial charge in [-0.05, 0) is 43.0 Å². The molecule has 0 aromatic heterocycles. The van der Waals surface area contributed by atoms with E-state index in [-0.39, 0.29) is 33.3 Å². The molecule has 0 radical (unpaired) electrons. The van der Waals surface area contributed by atoms with E-state index in [1.165, 1.54) is 30.6 Å². The highest BCUT2D eigenvalue weighted by atomic mass is 35.5. The zero-order valence-corrected chi connectivity index (χ0v) is 20.0. The first-order chi connectivity index (χ1) is 15.8. The van der Waals surface area contributed by atoms with Gasteiger partial charge in [0.05, 0.1) is 21.4 Å². The number of hydrogen-bond acceptors (Lipinski definition) is 4. The average Bonchev–Trinajstić information content (AvgIpc) is 3.25. The third-order valence-corrected chi connectivity index (χ3v) is 8.42. The van der Waals surface area contributed by atoms with E-state index in [4.69, 9.17) is 23.2 Å². The highest BCUT2D eigenvalue weighted by Crippen LogP contribution is 2.29. The van der Waals surface area contributed by atoms with Crippen molar-refractivity contribution >= 4 is 45.0 Å². The Bertz CT molecular complexity index is 1190. The Morgan fingerprint density at radius 1 is 1.09 bits per heavy atom. The lowest BCUT2D eigenvalue weighted by Gasteiger charge is -2.33. The molecule has 2 aliphatic heterocycles. The standard InChI is InChI=1S/C23H23Cl2N3O4S/c24-19-9-8-18(14-20(19)25)33(31,32)28-12-10-26-23(30)21(28)15-22(29)27-11-4-7-17(27)13-16-5-2-1-3-6-16/h1-3,5-6,8-10,12,14,17,21H,4,7,11,13,15H2,(H,26,30)/t17-,21-/m1/s1. The number of carbonyl (C=O) groups is 2. The van der Waals surface area contributed by atoms with Gasteiger partial charge in [0.2, 0.25) is 11.8 Å². The maximum absolute atomic E-state index is 13.3. The fourth-order valence-electron chi connectivity index (χ4n) is 4.24. The zero-order valence-electron chi connectivity index (χ0n) is 17.7. The van der Waals surface area contributed by atoms with Crippen LogP contribution in [-0.4, -0.2) is 48.1 Å². The maximum Gasteiger partial charge on any atom is 0.264 e. The molecule has 2 aliphatic rings. The fraction of sp³-hybridized carbons (Fsp3) is 0.304. The van der Waals surface area contributed by atoms with Crippen LogP contribution in [0.1, 0.15) is 24.8 Å². The van der Waals surface area contributed by atoms with Crippen molar-refractivity contribution in [1.82, 2.24) is 14.5 Å². The topological polar surface area (TPSA) is 86.8 Å². The van der Waals surface area contributed by atoms with Crippen molar-refractivity contribution in [3.8, 4) is 0 Å². The van der Waals surface area contributed by atoms with Gasteiger partial charge in [0, 0.05) is 25.0 Å². The molecule has 2 heterocycles. The molecule has 1 N–H and O–H groups in total. The molecule has 0 bridgehead atoms. The molecule has 1 fully saturated rings. The molecule has 2 amide bonds. The predicted molar refractivity (Wildman–Crippen MR) is 126 cm³/mol. The number of sulfonamides is 1. The van der Waals surface area contributed by atoms with E-state index in [0.717, 1.165) is 22.7 Å². The molecule has 0 spiro atoms. The fourth-order valence-corrected chi connectivity index (χ4v) is 6.08. The molecular weight excluding hydrogens is 485 g/mol. The number of benzene rings is 2. The molecule has 0 aliphatic carbocycles. The number of nitrogens with one attached hydrogen (secondary N) is 1. The minimum atomic E-state index is -4.14. The SMILES string of the molecule is O=C1NC=CN(S(=O)(=O)c2ccc(Cl)c(Cl)c2)[C@@H]1CC(=O)N1CCC[C@@H]1Cc1ccccc1. The number of likely N-dealkylation sites (tertiary alicyclic amines) is 1. The van der Waals surface area contributed by atoms with Crippen molar-refractivity contribution in [3.63, 3.8) is 0 Å². The summed E-state index contributed by atoms with van der Waals surface area (Å²) >= 11 is 11.9. The van der Waals surface area contributed by atoms with Gasteiger partial charge in [-0.3, -0.25) is 13.9 Å². The van der Waals surface area contributed by atoms with Crippen molar-refractivity contribution in [2.45, 2.75) is 42.7 Å². The number of amides is 2. The third kappa shape index (κ3) is 5.03. The van der Waals surface area contributed by atoms with Crippen molar-refractivity contribution in [1.29, 1.82) is 0 Å². The first kappa shape index (κ1) is 23.6. The van der Waals surface area contributed by atoms with Gasteiger partial charge in [-0.25, -0.2) is 8.42 Å². The first-order valence-corrected chi connectivity index (χ1v) is 12.8. The largest absolute Gasteiger partial charge is 0.339 e. The van der Waals surface area contributed by atoms with Crippen LogP contribution in [0.3, 0.4) is 0 Å². The average molecular weight is 508 g/mol. The summed E-state index contributed by atoms with van der Waals surface area (Å²) in [6.07, 6.45) is 4.68. The van der Waals surface area contributed by atoms with Gasteiger partial charge in [0.1, 0.15) is 6.04 Å². The molecule has 1 saturated heterocycles. The highest BCUT2D eigenvalue weighted by molar-refractivity contribution is 7.89. The van der Waals surface area contributed by atoms with E-state index in [2.05, 4.69) is 5.32 Å². The minimum absolute atomic E-state index is 0.0159. The summed E-state index contributed by atoms with van der Waals surface area (Å²) in [7, 11) is -4.14. The highest BCUT2D eigenvalue weighted by Gasteiger charge is 2.39. The molecule has 0 saturated carbocycles. The molecule has 2 aromatic rings. The van der Waals surface area contributed by atoms with Gasteiger partial charge in [0.15, 0.2) is 0 Å². The Morgan fingerprint density at radius 2 is 1.85 bits per heavy atom. The normalized spacial score (nSPS) is 20.7. The molecular formula is C23H23Cl2N3O4S. The zero-order chi connectivity index (χ0) is 23.6. The second-order valence-corrected chi connectivity index (χ2v) is 10.7. The van der Waals surface area contributed by atoms with E-state index in [1.54, 1.807) is 4.90 Å². The van der Waals surface area contributed by atoms with Crippen LogP contribution >= 0.6 is 23.2 Å². The van der Waals surface area contributed by atoms with Crippen LogP contribution in [0.25, 0.3) is 0 Å². The van der Waals surface area contributed by atoms with Gasteiger partial charge in [-0.15, -0.1) is 0 Å². The minimum Gasteiger partial charge on any atom is -0.339 e. The lowest BCUT2D eigenvalue weighted by atomic mass is 10.0. The molecule has 2 aromatic carbocycles. The Labute approximate surface area is 203 Å². The number of hydrogen-bond donors (Lipinski definition) is 1. The molecule has 7 nitrogen and oxygen atoms in total. The summed E-state index contributed by atoms with van der Waals surface area (Å²) in [5.41, 5.74) is 1.13. The van der Waals surface area contributed by atoms with E-state index in [9.17, 15) is 18.0 Å². The lowest BCUT2D eigenvalue weighted by Crippen LogP contribution is -2.51. The predicted octanol–water partition coefficient (Wildman–Crippen LogP) is 3.58. The van der Waals surface area contributed by atoms with E-state index in [1.807, 2.05) is 30.3 Å². The van der Waals surface area contributed by atoms with Gasteiger partial charge >= 0.3 is 0 Å². The number of halogens is 2. The van der Waals surface area contributed by atoms with Crippen molar-refractivity contribution in [2.24, 2.45) is 0 Å². The van der Waals surface area contributed by atoms with E-state index >= 15 is 0 Å². The van der Waals surface area contributed by atoms with E-state index in [0.29, 0.717) is 13.0 Å². The molecule has 10 heteroatoms. The molecule has 33 heavy (non-hydrogen) atoms. The second-order valence-electron chi connectivity index (χ2n) is 8.03. The van der Waals surface area contributed by atoms with Crippen molar-refractivity contribution < 1.29 is 18.0 Å². The van der Waals surface area contributed by atoms with Gasteiger partial charge in [-0.2, -0.15) is 0 Å². The Hall–Kier alpha value is -2.55. The van der Waals surface area contributed by atoms with E-state index < -0.39 is 22.0 Å². The molecule has 174 valence electrons. The summed E-state index contributed by atoms with van der Waals surface area (Å²) in [6.45, 7) is 0.583. The number of rotatable bonds is 6. The monoisotopic (exact) mass is 507 g/mol. The van der Waals surface area contributed by atoms with Crippen LogP contribution in [0.4, 0.5) is 0 Å². The van der Waals surface area contributed by atoms with Crippen molar-refractivity contribution in [3.05, 3.63) is 76.5 Å². The first-order valence-electron chi connectivity index (χ1n) is 10.6. The van der Waals surface area contributed by atoms with Gasteiger partial charge in [0.25, 0.3) is 10.0 Å². The lowest BCUT2D eigenvalue weighted by molar-refractivity contribution is -0.136. The van der Waals surface area contributed by atoms with Crippen LogP contribution in [-0.2, 0) is 26.0 Å². The Kier molecular flexibility index (Phi) is 6.97. The molecule has 4 rings (SSSR count). The van der Waals surface area contributed by atoms with Crippen LogP contribution in [0, 0.1) is 0 Å². The third-order valence-electron chi connectivity index (χ3n) is 5.90. The Balaban J connectivity index is 1.55. The number of carbonyl (C=O) groups excluding carboxylic acids is 2. The molecule has 0 unspecified atom stereocenters. The van der Waals surface area contributed by atoms with Crippen LogP contribution < -0.4 is 5.32 Å². The quantitative estimate of drug-likeness (QED) is 0.647. The summed E-state index contributed by atoms with van der Waals surface area (Å²) in [5, 5.41) is 2.81. The molecule has 2 atom stereocenters. The second kappa shape index (κ2) is 9.75. The summed E-state index contributed by atoms with van der Waals surface area (Å²) in [4.78, 5) is 27.5. The smallest absolute Gasteiger partial charge is 0.264 e. The van der Waals surface area contributed by atoms with Gasteiger partial charge < -0.3 is 10.2 Å². The van der Waals surface area contributed by atoms with Crippen LogP contribution in [0.5, 0.6) is 0 Å². The summed E-state index contributed by atoms with van der Waals surface area (Å²) in [6, 6.07) is 12.6. The van der Waals surface area contributed by atoms with Gasteiger partial charge in [-0.1, -0.05) is 53.5 Å². The summed E-state index contributed by atoms with van der Waals surface area (Å²) in [5.74, 6) is -0.813. The van der Waals surface area contributed by atoms with Crippen LogP contribution in [0.2, 0.25) is 10.0 Å².